The van der Waals surface area contributed by atoms with Crippen molar-refractivity contribution in [2.24, 2.45) is 5.73 Å². The molecule has 106 valence electrons. The average molecular weight is 511 g/mol. The van der Waals surface area contributed by atoms with Crippen molar-refractivity contribution in [1.29, 1.82) is 0 Å². The van der Waals surface area contributed by atoms with E-state index in [0.717, 1.165) is 26.7 Å². The van der Waals surface area contributed by atoms with Crippen LogP contribution < -0.4 is 10.5 Å². The minimum Gasteiger partial charge on any atom is -0.496 e. The number of nitrogens with two attached hydrogens (primary N) is 1. The average Bonchev–Trinajstić information content (AvgIpc) is 2.41. The Morgan fingerprint density at radius 3 is 2.55 bits per heavy atom. The number of hydrogen-bond donors (Lipinski definition) is 1. The molecule has 0 saturated carbocycles. The fourth-order valence-electron chi connectivity index (χ4n) is 2.00. The van der Waals surface area contributed by atoms with Crippen LogP contribution in [0.25, 0.3) is 0 Å². The van der Waals surface area contributed by atoms with Crippen LogP contribution in [-0.4, -0.2) is 7.11 Å². The van der Waals surface area contributed by atoms with E-state index in [4.69, 9.17) is 10.5 Å². The van der Waals surface area contributed by atoms with Crippen molar-refractivity contribution in [3.8, 4) is 5.75 Å². The van der Waals surface area contributed by atoms with Gasteiger partial charge in [-0.2, -0.15) is 0 Å². The molecule has 5 heteroatoms. The standard InChI is InChI=1S/C15H14Br2INO/c1-20-15-5-2-9(6-13(15)17)7-14(19)11-8-10(18)3-4-12(11)16/h2-6,8,14H,7,19H2,1H3. The highest BCUT2D eigenvalue weighted by Crippen LogP contribution is 2.29. The SMILES string of the molecule is COc1ccc(CC(N)c2cc(I)ccc2Br)cc1Br. The second-order valence-electron chi connectivity index (χ2n) is 4.45. The van der Waals surface area contributed by atoms with Crippen LogP contribution in [0, 0.1) is 3.57 Å². The van der Waals surface area contributed by atoms with Crippen LogP contribution in [0.3, 0.4) is 0 Å². The molecule has 0 aliphatic carbocycles. The monoisotopic (exact) mass is 509 g/mol. The van der Waals surface area contributed by atoms with Gasteiger partial charge in [-0.15, -0.1) is 0 Å². The summed E-state index contributed by atoms with van der Waals surface area (Å²) in [4.78, 5) is 0. The first kappa shape index (κ1) is 16.3. The predicted molar refractivity (Wildman–Crippen MR) is 98.2 cm³/mol. The molecule has 2 rings (SSSR count). The largest absolute Gasteiger partial charge is 0.496 e. The fourth-order valence-corrected chi connectivity index (χ4v) is 3.64. The fraction of sp³-hybridized carbons (Fsp3) is 0.200. The topological polar surface area (TPSA) is 35.2 Å². The smallest absolute Gasteiger partial charge is 0.133 e. The number of methoxy groups -OCH3 is 1. The molecule has 2 N–H and O–H groups in total. The Morgan fingerprint density at radius 1 is 1.15 bits per heavy atom. The van der Waals surface area contributed by atoms with E-state index in [-0.39, 0.29) is 6.04 Å². The molecule has 0 aliphatic heterocycles. The normalized spacial score (nSPS) is 12.2. The summed E-state index contributed by atoms with van der Waals surface area (Å²) in [5, 5.41) is 0. The van der Waals surface area contributed by atoms with Gasteiger partial charge in [-0.25, -0.2) is 0 Å². The van der Waals surface area contributed by atoms with Crippen molar-refractivity contribution in [1.82, 2.24) is 0 Å². The molecule has 2 nitrogen and oxygen atoms in total. The van der Waals surface area contributed by atoms with Crippen LogP contribution in [0.2, 0.25) is 0 Å². The molecular formula is C15H14Br2INO. The van der Waals surface area contributed by atoms with Gasteiger partial charge in [0.15, 0.2) is 0 Å². The third-order valence-electron chi connectivity index (χ3n) is 3.03. The lowest BCUT2D eigenvalue weighted by atomic mass is 10.00. The highest BCUT2D eigenvalue weighted by Gasteiger charge is 2.12. The quantitative estimate of drug-likeness (QED) is 0.583. The Hall–Kier alpha value is -0.110. The highest BCUT2D eigenvalue weighted by atomic mass is 127. The van der Waals surface area contributed by atoms with Crippen molar-refractivity contribution < 1.29 is 4.74 Å². The summed E-state index contributed by atoms with van der Waals surface area (Å²) in [6.45, 7) is 0. The van der Waals surface area contributed by atoms with Gasteiger partial charge in [0.2, 0.25) is 0 Å². The summed E-state index contributed by atoms with van der Waals surface area (Å²) in [6, 6.07) is 12.2. The van der Waals surface area contributed by atoms with Crippen molar-refractivity contribution in [3.05, 3.63) is 60.0 Å². The summed E-state index contributed by atoms with van der Waals surface area (Å²) in [7, 11) is 1.66. The Balaban J connectivity index is 2.21. The minimum atomic E-state index is -0.0422. The van der Waals surface area contributed by atoms with Crippen molar-refractivity contribution in [2.45, 2.75) is 12.5 Å². The molecule has 0 aromatic heterocycles. The third-order valence-corrected chi connectivity index (χ3v) is 5.04. The van der Waals surface area contributed by atoms with E-state index in [2.05, 4.69) is 72.6 Å². The van der Waals surface area contributed by atoms with E-state index >= 15 is 0 Å². The van der Waals surface area contributed by atoms with Crippen LogP contribution >= 0.6 is 54.5 Å². The van der Waals surface area contributed by atoms with E-state index in [9.17, 15) is 0 Å². The molecule has 1 unspecified atom stereocenters. The molecule has 0 saturated heterocycles. The number of benzene rings is 2. The number of hydrogen-bond acceptors (Lipinski definition) is 2. The lowest BCUT2D eigenvalue weighted by molar-refractivity contribution is 0.412. The van der Waals surface area contributed by atoms with Gasteiger partial charge in [0.1, 0.15) is 5.75 Å². The molecule has 0 spiro atoms. The molecule has 0 radical (unpaired) electrons. The van der Waals surface area contributed by atoms with Gasteiger partial charge in [-0.1, -0.05) is 22.0 Å². The zero-order valence-corrected chi connectivity index (χ0v) is 16.2. The highest BCUT2D eigenvalue weighted by molar-refractivity contribution is 14.1. The van der Waals surface area contributed by atoms with E-state index in [0.29, 0.717) is 0 Å². The number of halogens is 3. The van der Waals surface area contributed by atoms with Crippen molar-refractivity contribution in [2.75, 3.05) is 7.11 Å². The van der Waals surface area contributed by atoms with Gasteiger partial charge in [-0.05, 0) is 86.4 Å². The van der Waals surface area contributed by atoms with E-state index in [1.807, 2.05) is 18.2 Å². The molecule has 0 bridgehead atoms. The van der Waals surface area contributed by atoms with Gasteiger partial charge >= 0.3 is 0 Å². The summed E-state index contributed by atoms with van der Waals surface area (Å²) in [5.41, 5.74) is 8.64. The first-order valence-electron chi connectivity index (χ1n) is 6.04. The van der Waals surface area contributed by atoms with Gasteiger partial charge in [-0.3, -0.25) is 0 Å². The minimum absolute atomic E-state index is 0.0422. The van der Waals surface area contributed by atoms with Gasteiger partial charge < -0.3 is 10.5 Å². The van der Waals surface area contributed by atoms with Crippen molar-refractivity contribution >= 4 is 54.5 Å². The van der Waals surface area contributed by atoms with Crippen molar-refractivity contribution in [3.63, 3.8) is 0 Å². The van der Waals surface area contributed by atoms with Crippen LogP contribution in [0.5, 0.6) is 5.75 Å². The zero-order chi connectivity index (χ0) is 14.7. The van der Waals surface area contributed by atoms with Crippen LogP contribution in [0.1, 0.15) is 17.2 Å². The van der Waals surface area contributed by atoms with Gasteiger partial charge in [0, 0.05) is 14.1 Å². The van der Waals surface area contributed by atoms with E-state index in [1.54, 1.807) is 7.11 Å². The van der Waals surface area contributed by atoms with Crippen LogP contribution in [0.4, 0.5) is 0 Å². The summed E-state index contributed by atoms with van der Waals surface area (Å²) in [6.07, 6.45) is 0.779. The molecule has 0 aliphatic rings. The first-order chi connectivity index (χ1) is 9.51. The zero-order valence-electron chi connectivity index (χ0n) is 10.9. The molecule has 0 fully saturated rings. The molecule has 1 atom stereocenters. The summed E-state index contributed by atoms with van der Waals surface area (Å²) in [5.74, 6) is 0.831. The molecular weight excluding hydrogens is 497 g/mol. The Bertz CT molecular complexity index is 619. The maximum Gasteiger partial charge on any atom is 0.133 e. The van der Waals surface area contributed by atoms with Gasteiger partial charge in [0.25, 0.3) is 0 Å². The lowest BCUT2D eigenvalue weighted by Gasteiger charge is -2.15. The van der Waals surface area contributed by atoms with Gasteiger partial charge in [0.05, 0.1) is 11.6 Å². The third kappa shape index (κ3) is 3.96. The number of rotatable bonds is 4. The Kier molecular flexibility index (Phi) is 5.89. The Labute approximate surface area is 149 Å². The van der Waals surface area contributed by atoms with E-state index < -0.39 is 0 Å². The number of ether oxygens (including phenoxy) is 1. The van der Waals surface area contributed by atoms with Crippen LogP contribution in [0.15, 0.2) is 45.3 Å². The molecule has 20 heavy (non-hydrogen) atoms. The maximum atomic E-state index is 6.34. The lowest BCUT2D eigenvalue weighted by Crippen LogP contribution is -2.14. The first-order valence-corrected chi connectivity index (χ1v) is 8.70. The summed E-state index contributed by atoms with van der Waals surface area (Å²) >= 11 is 9.37. The predicted octanol–water partition coefficient (Wildman–Crippen LogP) is 5.07. The Morgan fingerprint density at radius 2 is 1.90 bits per heavy atom. The second-order valence-corrected chi connectivity index (χ2v) is 7.40. The molecule has 2 aromatic rings. The second kappa shape index (κ2) is 7.24. The van der Waals surface area contributed by atoms with E-state index in [1.165, 1.54) is 9.13 Å². The summed E-state index contributed by atoms with van der Waals surface area (Å²) < 4.78 is 8.43. The molecule has 0 amide bonds. The molecule has 0 heterocycles. The molecule has 2 aromatic carbocycles. The maximum absolute atomic E-state index is 6.34. The van der Waals surface area contributed by atoms with Crippen LogP contribution in [-0.2, 0) is 6.42 Å².